The number of hydrogen-bond donors (Lipinski definition) is 1. The van der Waals surface area contributed by atoms with Gasteiger partial charge in [0.15, 0.2) is 0 Å². The molecule has 0 aliphatic carbocycles. The first-order valence-electron chi connectivity index (χ1n) is 5.19. The minimum absolute atomic E-state index is 0.0312. The number of hydrogen-bond acceptors (Lipinski definition) is 3. The zero-order valence-electron chi connectivity index (χ0n) is 9.28. The summed E-state index contributed by atoms with van der Waals surface area (Å²) < 4.78 is 26.1. The van der Waals surface area contributed by atoms with Gasteiger partial charge in [-0.2, -0.15) is 0 Å². The molecular weight excluding hydrogens is 242 g/mol. The first-order valence-corrected chi connectivity index (χ1v) is 6.07. The van der Waals surface area contributed by atoms with Crippen LogP contribution in [-0.2, 0) is 6.42 Å². The van der Waals surface area contributed by atoms with Gasteiger partial charge in [0.1, 0.15) is 11.6 Å². The average molecular weight is 254 g/mol. The number of rotatable bonds is 4. The van der Waals surface area contributed by atoms with Crippen molar-refractivity contribution in [3.8, 4) is 0 Å². The number of thiazole rings is 1. The largest absolute Gasteiger partial charge is 0.312 e. The van der Waals surface area contributed by atoms with Crippen LogP contribution < -0.4 is 5.32 Å². The van der Waals surface area contributed by atoms with Gasteiger partial charge in [-0.1, -0.05) is 0 Å². The molecule has 0 aliphatic heterocycles. The second kappa shape index (κ2) is 5.33. The highest BCUT2D eigenvalue weighted by atomic mass is 32.1. The van der Waals surface area contributed by atoms with E-state index in [1.807, 2.05) is 7.05 Å². The molecular formula is C12H12F2N2S. The molecule has 0 aliphatic rings. The zero-order valence-corrected chi connectivity index (χ0v) is 10.1. The minimum atomic E-state index is -0.542. The monoisotopic (exact) mass is 254 g/mol. The quantitative estimate of drug-likeness (QED) is 0.907. The Morgan fingerprint density at radius 3 is 2.53 bits per heavy atom. The number of aromatic nitrogens is 1. The Hall–Kier alpha value is -1.33. The molecule has 5 heteroatoms. The smallest absolute Gasteiger partial charge is 0.126 e. The third-order valence-electron chi connectivity index (χ3n) is 2.51. The molecule has 1 aromatic heterocycles. The predicted molar refractivity (Wildman–Crippen MR) is 64.0 cm³/mol. The van der Waals surface area contributed by atoms with Gasteiger partial charge in [0, 0.05) is 23.2 Å². The Kier molecular flexibility index (Phi) is 3.81. The van der Waals surface area contributed by atoms with Gasteiger partial charge in [-0.15, -0.1) is 11.3 Å². The molecule has 0 radical (unpaired) electrons. The summed E-state index contributed by atoms with van der Waals surface area (Å²) in [5.74, 6) is -1.08. The molecule has 1 unspecified atom stereocenters. The number of benzene rings is 1. The van der Waals surface area contributed by atoms with E-state index in [2.05, 4.69) is 10.3 Å². The Balaban J connectivity index is 2.18. The number of nitrogens with one attached hydrogen (secondary N) is 1. The lowest BCUT2D eigenvalue weighted by atomic mass is 10.0. The summed E-state index contributed by atoms with van der Waals surface area (Å²) >= 11 is 1.52. The van der Waals surface area contributed by atoms with Crippen molar-refractivity contribution in [2.75, 3.05) is 7.05 Å². The normalized spacial score (nSPS) is 12.6. The number of halogens is 2. The van der Waals surface area contributed by atoms with Crippen LogP contribution in [0.25, 0.3) is 0 Å². The summed E-state index contributed by atoms with van der Waals surface area (Å²) in [4.78, 5) is 5.05. The topological polar surface area (TPSA) is 24.9 Å². The van der Waals surface area contributed by atoms with E-state index in [0.717, 1.165) is 10.9 Å². The fraction of sp³-hybridized carbons (Fsp3) is 0.250. The fourth-order valence-corrected chi connectivity index (χ4v) is 2.44. The highest BCUT2D eigenvalue weighted by Crippen LogP contribution is 2.22. The molecule has 1 heterocycles. The van der Waals surface area contributed by atoms with Crippen LogP contribution in [0.15, 0.2) is 29.9 Å². The molecule has 0 spiro atoms. The van der Waals surface area contributed by atoms with E-state index in [-0.39, 0.29) is 6.04 Å². The van der Waals surface area contributed by atoms with E-state index in [9.17, 15) is 8.78 Å². The summed E-state index contributed by atoms with van der Waals surface area (Å²) in [7, 11) is 1.82. The van der Waals surface area contributed by atoms with E-state index in [4.69, 9.17) is 0 Å². The van der Waals surface area contributed by atoms with Crippen LogP contribution in [0.1, 0.15) is 16.5 Å². The van der Waals surface area contributed by atoms with Gasteiger partial charge in [0.05, 0.1) is 5.51 Å². The third-order valence-corrected chi connectivity index (χ3v) is 3.39. The van der Waals surface area contributed by atoms with Gasteiger partial charge in [0.25, 0.3) is 0 Å². The highest BCUT2D eigenvalue weighted by Gasteiger charge is 2.12. The Morgan fingerprint density at radius 2 is 2.00 bits per heavy atom. The van der Waals surface area contributed by atoms with Crippen LogP contribution in [0.2, 0.25) is 0 Å². The van der Waals surface area contributed by atoms with Gasteiger partial charge >= 0.3 is 0 Å². The molecule has 0 saturated carbocycles. The molecule has 0 fully saturated rings. The van der Waals surface area contributed by atoms with Crippen molar-refractivity contribution < 1.29 is 8.78 Å². The molecule has 2 rings (SSSR count). The first kappa shape index (κ1) is 12.1. The van der Waals surface area contributed by atoms with Crippen molar-refractivity contribution in [3.05, 3.63) is 52.0 Å². The van der Waals surface area contributed by atoms with Crippen molar-refractivity contribution >= 4 is 11.3 Å². The molecule has 2 aromatic rings. The molecule has 2 nitrogen and oxygen atoms in total. The van der Waals surface area contributed by atoms with E-state index in [1.165, 1.54) is 23.5 Å². The maximum atomic E-state index is 13.1. The van der Waals surface area contributed by atoms with E-state index in [1.54, 1.807) is 11.7 Å². The molecule has 0 amide bonds. The SMILES string of the molecule is CNC(Cc1cc(F)cc(F)c1)c1cncs1. The zero-order chi connectivity index (χ0) is 12.3. The highest BCUT2D eigenvalue weighted by molar-refractivity contribution is 7.09. The van der Waals surface area contributed by atoms with Gasteiger partial charge in [-0.3, -0.25) is 4.98 Å². The van der Waals surface area contributed by atoms with Crippen LogP contribution in [-0.4, -0.2) is 12.0 Å². The summed E-state index contributed by atoms with van der Waals surface area (Å²) in [5.41, 5.74) is 2.38. The van der Waals surface area contributed by atoms with Gasteiger partial charge in [0.2, 0.25) is 0 Å². The van der Waals surface area contributed by atoms with Crippen LogP contribution in [0.3, 0.4) is 0 Å². The molecule has 90 valence electrons. The molecule has 0 saturated heterocycles. The standard InChI is InChI=1S/C12H12F2N2S/c1-15-11(12-6-16-7-17-12)4-8-2-9(13)5-10(14)3-8/h2-3,5-7,11,15H,4H2,1H3. The van der Waals surface area contributed by atoms with E-state index >= 15 is 0 Å². The minimum Gasteiger partial charge on any atom is -0.312 e. The second-order valence-electron chi connectivity index (χ2n) is 3.73. The second-order valence-corrected chi connectivity index (χ2v) is 4.64. The van der Waals surface area contributed by atoms with Crippen molar-refractivity contribution in [1.82, 2.24) is 10.3 Å². The van der Waals surface area contributed by atoms with Crippen molar-refractivity contribution in [1.29, 1.82) is 0 Å². The lowest BCUT2D eigenvalue weighted by Gasteiger charge is -2.14. The van der Waals surface area contributed by atoms with Gasteiger partial charge in [-0.05, 0) is 31.2 Å². The first-order chi connectivity index (χ1) is 8.19. The van der Waals surface area contributed by atoms with Crippen molar-refractivity contribution in [2.45, 2.75) is 12.5 Å². The molecule has 1 atom stereocenters. The van der Waals surface area contributed by atoms with E-state index < -0.39 is 11.6 Å². The van der Waals surface area contributed by atoms with E-state index in [0.29, 0.717) is 12.0 Å². The Labute approximate surface area is 102 Å². The number of likely N-dealkylation sites (N-methyl/N-ethyl adjacent to an activating group) is 1. The summed E-state index contributed by atoms with van der Waals surface area (Å²) in [6.45, 7) is 0. The average Bonchev–Trinajstić information content (AvgIpc) is 2.77. The molecule has 1 aromatic carbocycles. The maximum absolute atomic E-state index is 13.1. The van der Waals surface area contributed by atoms with Crippen LogP contribution >= 0.6 is 11.3 Å². The van der Waals surface area contributed by atoms with Gasteiger partial charge < -0.3 is 5.32 Å². The number of nitrogens with zero attached hydrogens (tertiary/aromatic N) is 1. The summed E-state index contributed by atoms with van der Waals surface area (Å²) in [6, 6.07) is 3.62. The fourth-order valence-electron chi connectivity index (χ4n) is 1.71. The van der Waals surface area contributed by atoms with Crippen LogP contribution in [0.4, 0.5) is 8.78 Å². The maximum Gasteiger partial charge on any atom is 0.126 e. The lowest BCUT2D eigenvalue weighted by Crippen LogP contribution is -2.17. The Bertz CT molecular complexity index is 465. The van der Waals surface area contributed by atoms with Crippen molar-refractivity contribution in [2.24, 2.45) is 0 Å². The summed E-state index contributed by atoms with van der Waals surface area (Å²) in [5, 5.41) is 3.12. The Morgan fingerprint density at radius 1 is 1.29 bits per heavy atom. The summed E-state index contributed by atoms with van der Waals surface area (Å²) in [6.07, 6.45) is 2.30. The molecule has 0 bridgehead atoms. The predicted octanol–water partition coefficient (Wildman–Crippen LogP) is 2.92. The van der Waals surface area contributed by atoms with Crippen LogP contribution in [0.5, 0.6) is 0 Å². The lowest BCUT2D eigenvalue weighted by molar-refractivity contribution is 0.565. The van der Waals surface area contributed by atoms with Gasteiger partial charge in [-0.25, -0.2) is 8.78 Å². The third kappa shape index (κ3) is 3.08. The molecule has 17 heavy (non-hydrogen) atoms. The van der Waals surface area contributed by atoms with Crippen LogP contribution in [0, 0.1) is 11.6 Å². The van der Waals surface area contributed by atoms with Crippen molar-refractivity contribution in [3.63, 3.8) is 0 Å². The molecule has 1 N–H and O–H groups in total.